The van der Waals surface area contributed by atoms with E-state index in [-0.39, 0.29) is 0 Å². The molecule has 0 unspecified atom stereocenters. The van der Waals surface area contributed by atoms with E-state index in [1.165, 1.54) is 11.1 Å². The minimum Gasteiger partial charge on any atom is -0.296 e. The van der Waals surface area contributed by atoms with Crippen LogP contribution in [0.4, 0.5) is 0 Å². The van der Waals surface area contributed by atoms with Crippen molar-refractivity contribution in [3.8, 4) is 11.4 Å². The summed E-state index contributed by atoms with van der Waals surface area (Å²) in [5, 5.41) is 7.10. The molecular weight excluding hydrogens is 230 g/mol. The van der Waals surface area contributed by atoms with Crippen molar-refractivity contribution < 1.29 is 0 Å². The third-order valence-electron chi connectivity index (χ3n) is 2.84. The fourth-order valence-electron chi connectivity index (χ4n) is 1.72. The summed E-state index contributed by atoms with van der Waals surface area (Å²) < 4.78 is 2.56. The number of nitrogens with zero attached hydrogens (tertiary/aromatic N) is 2. The first-order chi connectivity index (χ1) is 8.13. The van der Waals surface area contributed by atoms with Crippen molar-refractivity contribution in [1.29, 1.82) is 0 Å². The number of hydrogen-bond donors (Lipinski definition) is 1. The van der Waals surface area contributed by atoms with Gasteiger partial charge in [-0.3, -0.25) is 9.67 Å². The Morgan fingerprint density at radius 2 is 2.18 bits per heavy atom. The number of aromatic amines is 1. The molecule has 1 N–H and O–H groups in total. The minimum atomic E-state index is 0.623. The summed E-state index contributed by atoms with van der Waals surface area (Å²) >= 11 is 5.19. The highest BCUT2D eigenvalue weighted by Crippen LogP contribution is 2.20. The van der Waals surface area contributed by atoms with E-state index in [2.05, 4.69) is 48.8 Å². The summed E-state index contributed by atoms with van der Waals surface area (Å²) in [7, 11) is 0. The summed E-state index contributed by atoms with van der Waals surface area (Å²) in [5.41, 5.74) is 3.60. The molecule has 0 aliphatic heterocycles. The van der Waals surface area contributed by atoms with E-state index in [1.54, 1.807) is 0 Å². The lowest BCUT2D eigenvalue weighted by molar-refractivity contribution is 0.814. The van der Waals surface area contributed by atoms with E-state index in [9.17, 15) is 0 Å². The van der Waals surface area contributed by atoms with Gasteiger partial charge in [-0.05, 0) is 43.3 Å². The maximum Gasteiger partial charge on any atom is 0.195 e. The highest BCUT2D eigenvalue weighted by atomic mass is 32.1. The molecule has 0 spiro atoms. The van der Waals surface area contributed by atoms with Crippen LogP contribution in [0.15, 0.2) is 30.9 Å². The van der Waals surface area contributed by atoms with E-state index in [1.807, 2.05) is 10.6 Å². The smallest absolute Gasteiger partial charge is 0.195 e. The Bertz CT molecular complexity index is 607. The molecule has 3 nitrogen and oxygen atoms in total. The Morgan fingerprint density at radius 3 is 2.82 bits per heavy atom. The first kappa shape index (κ1) is 11.8. The number of allylic oxidation sites excluding steroid dienone is 1. The van der Waals surface area contributed by atoms with Gasteiger partial charge < -0.3 is 0 Å². The molecule has 4 heteroatoms. The van der Waals surface area contributed by atoms with Gasteiger partial charge in [0, 0.05) is 12.1 Å². The Labute approximate surface area is 106 Å². The summed E-state index contributed by atoms with van der Waals surface area (Å²) in [6.07, 6.45) is 1.82. The van der Waals surface area contributed by atoms with Crippen molar-refractivity contribution >= 4 is 12.2 Å². The summed E-state index contributed by atoms with van der Waals surface area (Å²) in [6, 6.07) is 6.29. The topological polar surface area (TPSA) is 33.6 Å². The van der Waals surface area contributed by atoms with E-state index >= 15 is 0 Å². The molecule has 0 fully saturated rings. The second-order valence-electron chi connectivity index (χ2n) is 4.05. The Balaban J connectivity index is 2.56. The Hall–Kier alpha value is -1.68. The zero-order valence-electron chi connectivity index (χ0n) is 10.0. The van der Waals surface area contributed by atoms with Gasteiger partial charge in [0.1, 0.15) is 0 Å². The fraction of sp³-hybridized carbons (Fsp3) is 0.231. The van der Waals surface area contributed by atoms with Gasteiger partial charge >= 0.3 is 0 Å². The molecule has 0 saturated carbocycles. The number of nitrogens with one attached hydrogen (secondary N) is 1. The van der Waals surface area contributed by atoms with Crippen molar-refractivity contribution in [3.63, 3.8) is 0 Å². The van der Waals surface area contributed by atoms with Gasteiger partial charge in [-0.2, -0.15) is 5.10 Å². The number of hydrogen-bond acceptors (Lipinski definition) is 2. The van der Waals surface area contributed by atoms with E-state index in [0.29, 0.717) is 11.3 Å². The van der Waals surface area contributed by atoms with Crippen LogP contribution in [-0.4, -0.2) is 14.8 Å². The van der Waals surface area contributed by atoms with Gasteiger partial charge in [-0.25, -0.2) is 0 Å². The summed E-state index contributed by atoms with van der Waals surface area (Å²) in [4.78, 5) is 0. The lowest BCUT2D eigenvalue weighted by Crippen LogP contribution is -1.98. The zero-order chi connectivity index (χ0) is 12.4. The second-order valence-corrected chi connectivity index (χ2v) is 4.44. The standard InChI is InChI=1S/C13H15N3S/c1-4-7-16-12(14-15-13(16)17)11-6-5-9(2)10(3)8-11/h4-6,8H,1,7H2,2-3H3,(H,15,17). The highest BCUT2D eigenvalue weighted by Gasteiger charge is 2.08. The van der Waals surface area contributed by atoms with Crippen LogP contribution in [-0.2, 0) is 6.54 Å². The van der Waals surface area contributed by atoms with Crippen molar-refractivity contribution in [3.05, 3.63) is 46.8 Å². The van der Waals surface area contributed by atoms with Crippen LogP contribution in [0.2, 0.25) is 0 Å². The molecule has 2 rings (SSSR count). The summed E-state index contributed by atoms with van der Waals surface area (Å²) in [6.45, 7) is 8.59. The highest BCUT2D eigenvalue weighted by molar-refractivity contribution is 7.71. The normalized spacial score (nSPS) is 10.5. The molecule has 0 bridgehead atoms. The molecule has 2 aromatic rings. The van der Waals surface area contributed by atoms with Crippen molar-refractivity contribution in [2.75, 3.05) is 0 Å². The average Bonchev–Trinajstić information content (AvgIpc) is 2.66. The predicted octanol–water partition coefficient (Wildman–Crippen LogP) is 3.41. The van der Waals surface area contributed by atoms with Crippen LogP contribution >= 0.6 is 12.2 Å². The lowest BCUT2D eigenvalue weighted by Gasteiger charge is -2.06. The zero-order valence-corrected chi connectivity index (χ0v) is 10.8. The molecule has 1 aromatic heterocycles. The van der Waals surface area contributed by atoms with Gasteiger partial charge in [-0.1, -0.05) is 18.2 Å². The van der Waals surface area contributed by atoms with E-state index < -0.39 is 0 Å². The van der Waals surface area contributed by atoms with E-state index in [0.717, 1.165) is 11.4 Å². The molecule has 88 valence electrons. The Kier molecular flexibility index (Phi) is 3.24. The van der Waals surface area contributed by atoms with Crippen LogP contribution in [0.25, 0.3) is 11.4 Å². The number of aromatic nitrogens is 3. The van der Waals surface area contributed by atoms with Crippen LogP contribution in [0.1, 0.15) is 11.1 Å². The third kappa shape index (κ3) is 2.22. The maximum absolute atomic E-state index is 5.19. The van der Waals surface area contributed by atoms with Crippen molar-refractivity contribution in [2.24, 2.45) is 0 Å². The molecule has 1 aromatic carbocycles. The van der Waals surface area contributed by atoms with Crippen molar-refractivity contribution in [1.82, 2.24) is 14.8 Å². The predicted molar refractivity (Wildman–Crippen MR) is 72.5 cm³/mol. The van der Waals surface area contributed by atoms with Crippen LogP contribution in [0.3, 0.4) is 0 Å². The lowest BCUT2D eigenvalue weighted by atomic mass is 10.1. The monoisotopic (exact) mass is 245 g/mol. The molecule has 1 heterocycles. The number of rotatable bonds is 3. The number of aryl methyl sites for hydroxylation is 2. The van der Waals surface area contributed by atoms with Crippen LogP contribution in [0, 0.1) is 18.6 Å². The third-order valence-corrected chi connectivity index (χ3v) is 3.15. The van der Waals surface area contributed by atoms with Gasteiger partial charge in [0.25, 0.3) is 0 Å². The Morgan fingerprint density at radius 1 is 1.41 bits per heavy atom. The molecule has 0 radical (unpaired) electrons. The minimum absolute atomic E-state index is 0.623. The van der Waals surface area contributed by atoms with Crippen molar-refractivity contribution in [2.45, 2.75) is 20.4 Å². The number of benzene rings is 1. The first-order valence-corrected chi connectivity index (χ1v) is 5.88. The molecule has 0 aliphatic carbocycles. The molecule has 0 atom stereocenters. The van der Waals surface area contributed by atoms with E-state index in [4.69, 9.17) is 12.2 Å². The van der Waals surface area contributed by atoms with Gasteiger partial charge in [0.2, 0.25) is 0 Å². The largest absolute Gasteiger partial charge is 0.296 e. The second kappa shape index (κ2) is 4.67. The van der Waals surface area contributed by atoms with Gasteiger partial charge in [0.05, 0.1) is 0 Å². The van der Waals surface area contributed by atoms with Crippen LogP contribution in [0.5, 0.6) is 0 Å². The molecule has 17 heavy (non-hydrogen) atoms. The quantitative estimate of drug-likeness (QED) is 0.664. The maximum atomic E-state index is 5.19. The SMILES string of the molecule is C=CCn1c(-c2ccc(C)c(C)c2)n[nH]c1=S. The molecule has 0 amide bonds. The first-order valence-electron chi connectivity index (χ1n) is 5.47. The number of H-pyrrole nitrogens is 1. The fourth-order valence-corrected chi connectivity index (χ4v) is 1.92. The summed E-state index contributed by atoms with van der Waals surface area (Å²) in [5.74, 6) is 0.859. The average molecular weight is 245 g/mol. The van der Waals surface area contributed by atoms with Gasteiger partial charge in [0.15, 0.2) is 10.6 Å². The van der Waals surface area contributed by atoms with Crippen LogP contribution < -0.4 is 0 Å². The van der Waals surface area contributed by atoms with Gasteiger partial charge in [-0.15, -0.1) is 6.58 Å². The molecular formula is C13H15N3S. The molecule has 0 saturated heterocycles. The molecule has 0 aliphatic rings.